The Balaban J connectivity index is 1.52. The van der Waals surface area contributed by atoms with Crippen LogP contribution in [0.1, 0.15) is 63.7 Å². The van der Waals surface area contributed by atoms with Crippen molar-refractivity contribution in [3.05, 3.63) is 11.8 Å². The third-order valence-electron chi connectivity index (χ3n) is 5.26. The predicted molar refractivity (Wildman–Crippen MR) is 93.8 cm³/mol. The van der Waals surface area contributed by atoms with E-state index in [2.05, 4.69) is 10.2 Å². The van der Waals surface area contributed by atoms with Gasteiger partial charge in [0.05, 0.1) is 5.25 Å². The number of aryl methyl sites for hydroxylation is 1. The average molecular weight is 372 g/mol. The lowest BCUT2D eigenvalue weighted by molar-refractivity contribution is 0.0791. The van der Waals surface area contributed by atoms with Crippen LogP contribution in [0.15, 0.2) is 4.42 Å². The SMILES string of the molecule is CC(C)S(=O)(=O)N1CCCC(CCc2nnc(C3CCOCC3)o2)C1. The molecule has 1 unspecified atom stereocenters. The summed E-state index contributed by atoms with van der Waals surface area (Å²) in [5.41, 5.74) is 0. The predicted octanol–water partition coefficient (Wildman–Crippen LogP) is 2.35. The topological polar surface area (TPSA) is 85.5 Å². The van der Waals surface area contributed by atoms with Crippen LogP contribution in [-0.4, -0.2) is 54.5 Å². The molecule has 0 spiro atoms. The smallest absolute Gasteiger partial charge is 0.219 e. The van der Waals surface area contributed by atoms with Crippen molar-refractivity contribution in [2.24, 2.45) is 5.92 Å². The van der Waals surface area contributed by atoms with E-state index < -0.39 is 10.0 Å². The Labute approximate surface area is 150 Å². The zero-order chi connectivity index (χ0) is 17.9. The summed E-state index contributed by atoms with van der Waals surface area (Å²) in [6.45, 7) is 6.26. The van der Waals surface area contributed by atoms with Crippen LogP contribution < -0.4 is 0 Å². The molecule has 0 aliphatic carbocycles. The second-order valence-electron chi connectivity index (χ2n) is 7.42. The quantitative estimate of drug-likeness (QED) is 0.763. The van der Waals surface area contributed by atoms with Crippen molar-refractivity contribution in [3.63, 3.8) is 0 Å². The Kier molecular flexibility index (Phi) is 6.12. The van der Waals surface area contributed by atoms with E-state index in [9.17, 15) is 8.42 Å². The highest BCUT2D eigenvalue weighted by molar-refractivity contribution is 7.89. The summed E-state index contributed by atoms with van der Waals surface area (Å²) in [5.74, 6) is 2.08. The summed E-state index contributed by atoms with van der Waals surface area (Å²) in [5, 5.41) is 8.03. The molecule has 7 nitrogen and oxygen atoms in total. The van der Waals surface area contributed by atoms with Gasteiger partial charge in [0, 0.05) is 38.6 Å². The second kappa shape index (κ2) is 8.14. The maximum absolute atomic E-state index is 12.4. The largest absolute Gasteiger partial charge is 0.425 e. The Morgan fingerprint density at radius 1 is 1.20 bits per heavy atom. The van der Waals surface area contributed by atoms with Crippen molar-refractivity contribution in [2.45, 2.75) is 63.5 Å². The van der Waals surface area contributed by atoms with Crippen molar-refractivity contribution < 1.29 is 17.6 Å². The zero-order valence-corrected chi connectivity index (χ0v) is 16.0. The van der Waals surface area contributed by atoms with Crippen LogP contribution in [0.2, 0.25) is 0 Å². The maximum Gasteiger partial charge on any atom is 0.219 e. The van der Waals surface area contributed by atoms with Gasteiger partial charge in [-0.2, -0.15) is 0 Å². The van der Waals surface area contributed by atoms with Crippen LogP contribution in [0, 0.1) is 5.92 Å². The number of nitrogens with zero attached hydrogens (tertiary/aromatic N) is 3. The van der Waals surface area contributed by atoms with Crippen molar-refractivity contribution in [1.29, 1.82) is 0 Å². The molecule has 0 N–H and O–H groups in total. The third-order valence-corrected chi connectivity index (χ3v) is 7.50. The molecule has 1 atom stereocenters. The first-order valence-corrected chi connectivity index (χ1v) is 10.9. The molecular formula is C17H29N3O4S. The minimum absolute atomic E-state index is 0.316. The minimum Gasteiger partial charge on any atom is -0.425 e. The lowest BCUT2D eigenvalue weighted by Gasteiger charge is -2.33. The van der Waals surface area contributed by atoms with Gasteiger partial charge in [-0.3, -0.25) is 0 Å². The van der Waals surface area contributed by atoms with E-state index in [1.54, 1.807) is 18.2 Å². The van der Waals surface area contributed by atoms with Crippen LogP contribution in [0.3, 0.4) is 0 Å². The Hall–Kier alpha value is -0.990. The molecule has 1 aromatic heterocycles. The average Bonchev–Trinajstić information content (AvgIpc) is 3.10. The fourth-order valence-electron chi connectivity index (χ4n) is 3.60. The number of aromatic nitrogens is 2. The summed E-state index contributed by atoms with van der Waals surface area (Å²) in [6, 6.07) is 0. The van der Waals surface area contributed by atoms with Gasteiger partial charge in [0.2, 0.25) is 21.8 Å². The van der Waals surface area contributed by atoms with E-state index in [4.69, 9.17) is 9.15 Å². The van der Waals surface area contributed by atoms with E-state index in [0.29, 0.717) is 30.8 Å². The highest BCUT2D eigenvalue weighted by atomic mass is 32.2. The van der Waals surface area contributed by atoms with E-state index in [-0.39, 0.29) is 5.25 Å². The van der Waals surface area contributed by atoms with Crippen LogP contribution in [0.4, 0.5) is 0 Å². The van der Waals surface area contributed by atoms with E-state index in [0.717, 1.165) is 57.6 Å². The van der Waals surface area contributed by atoms with Gasteiger partial charge in [0.25, 0.3) is 0 Å². The summed E-state index contributed by atoms with van der Waals surface area (Å²) in [4.78, 5) is 0. The fraction of sp³-hybridized carbons (Fsp3) is 0.882. The third kappa shape index (κ3) is 4.60. The fourth-order valence-corrected chi connectivity index (χ4v) is 4.99. The summed E-state index contributed by atoms with van der Waals surface area (Å²) < 4.78 is 37.6. The molecule has 0 bridgehead atoms. The lowest BCUT2D eigenvalue weighted by atomic mass is 9.95. The van der Waals surface area contributed by atoms with E-state index >= 15 is 0 Å². The number of sulfonamides is 1. The molecule has 0 aromatic carbocycles. The van der Waals surface area contributed by atoms with Crippen LogP contribution in [0.25, 0.3) is 0 Å². The summed E-state index contributed by atoms with van der Waals surface area (Å²) >= 11 is 0. The van der Waals surface area contributed by atoms with Crippen molar-refractivity contribution >= 4 is 10.0 Å². The number of hydrogen-bond donors (Lipinski definition) is 0. The van der Waals surface area contributed by atoms with Gasteiger partial charge in [0.1, 0.15) is 0 Å². The monoisotopic (exact) mass is 371 g/mol. The van der Waals surface area contributed by atoms with Crippen molar-refractivity contribution in [2.75, 3.05) is 26.3 Å². The Bertz CT molecular complexity index is 653. The van der Waals surface area contributed by atoms with Crippen LogP contribution in [0.5, 0.6) is 0 Å². The minimum atomic E-state index is -3.16. The molecule has 2 aliphatic heterocycles. The molecule has 142 valence electrons. The highest BCUT2D eigenvalue weighted by Gasteiger charge is 2.31. The molecule has 3 rings (SSSR count). The molecule has 2 saturated heterocycles. The molecule has 8 heteroatoms. The second-order valence-corrected chi connectivity index (χ2v) is 9.91. The normalized spacial score (nSPS) is 24.0. The van der Waals surface area contributed by atoms with Gasteiger partial charge in [-0.25, -0.2) is 12.7 Å². The van der Waals surface area contributed by atoms with E-state index in [1.165, 1.54) is 0 Å². The van der Waals surface area contributed by atoms with E-state index in [1.807, 2.05) is 0 Å². The number of ether oxygens (including phenoxy) is 1. The molecule has 0 amide bonds. The molecule has 0 saturated carbocycles. The first-order valence-electron chi connectivity index (χ1n) is 9.36. The summed E-state index contributed by atoms with van der Waals surface area (Å²) in [7, 11) is -3.16. The van der Waals surface area contributed by atoms with Gasteiger partial charge in [-0.05, 0) is 51.9 Å². The van der Waals surface area contributed by atoms with Crippen LogP contribution >= 0.6 is 0 Å². The lowest BCUT2D eigenvalue weighted by Crippen LogP contribution is -2.43. The first kappa shape index (κ1) is 18.8. The zero-order valence-electron chi connectivity index (χ0n) is 15.2. The molecule has 2 fully saturated rings. The van der Waals surface area contributed by atoms with Gasteiger partial charge < -0.3 is 9.15 Å². The first-order chi connectivity index (χ1) is 12.0. The van der Waals surface area contributed by atoms with Gasteiger partial charge in [-0.1, -0.05) is 0 Å². The molecular weight excluding hydrogens is 342 g/mol. The molecule has 25 heavy (non-hydrogen) atoms. The van der Waals surface area contributed by atoms with Gasteiger partial charge >= 0.3 is 0 Å². The maximum atomic E-state index is 12.4. The number of hydrogen-bond acceptors (Lipinski definition) is 6. The Morgan fingerprint density at radius 3 is 2.68 bits per heavy atom. The van der Waals surface area contributed by atoms with Crippen LogP contribution in [-0.2, 0) is 21.2 Å². The van der Waals surface area contributed by atoms with Gasteiger partial charge in [0.15, 0.2) is 0 Å². The van der Waals surface area contributed by atoms with Gasteiger partial charge in [-0.15, -0.1) is 10.2 Å². The molecule has 0 radical (unpaired) electrons. The number of piperidine rings is 1. The molecule has 1 aromatic rings. The Morgan fingerprint density at radius 2 is 1.96 bits per heavy atom. The van der Waals surface area contributed by atoms with Crippen molar-refractivity contribution in [3.8, 4) is 0 Å². The summed E-state index contributed by atoms with van der Waals surface area (Å²) in [6.07, 6.45) is 5.47. The highest BCUT2D eigenvalue weighted by Crippen LogP contribution is 2.27. The molecule has 2 aliphatic rings. The van der Waals surface area contributed by atoms with Crippen molar-refractivity contribution in [1.82, 2.24) is 14.5 Å². The molecule has 3 heterocycles. The number of rotatable bonds is 6. The standard InChI is InChI=1S/C17H29N3O4S/c1-13(2)25(21,22)20-9-3-4-14(12-20)5-6-16-18-19-17(24-16)15-7-10-23-11-8-15/h13-15H,3-12H2,1-2H3.